The molecule has 1 heterocycles. The van der Waals surface area contributed by atoms with Crippen molar-refractivity contribution in [2.45, 2.75) is 25.6 Å². The van der Waals surface area contributed by atoms with Crippen LogP contribution in [0.15, 0.2) is 42.5 Å². The lowest BCUT2D eigenvalue weighted by Crippen LogP contribution is -2.40. The van der Waals surface area contributed by atoms with E-state index in [4.69, 9.17) is 23.2 Å². The number of rotatable bonds is 4. The summed E-state index contributed by atoms with van der Waals surface area (Å²) < 4.78 is 37.9. The van der Waals surface area contributed by atoms with Crippen molar-refractivity contribution in [2.24, 2.45) is 5.92 Å². The first kappa shape index (κ1) is 21.0. The Morgan fingerprint density at radius 3 is 2.46 bits per heavy atom. The number of likely N-dealkylation sites (tertiary alicyclic amines) is 1. The average Bonchev–Trinajstić information content (AvgIpc) is 2.65. The molecular formula is C20H19Cl2F3N2O. The number of piperidine rings is 1. The van der Waals surface area contributed by atoms with Gasteiger partial charge in [0.1, 0.15) is 0 Å². The van der Waals surface area contributed by atoms with Crippen LogP contribution in [0, 0.1) is 5.92 Å². The van der Waals surface area contributed by atoms with Gasteiger partial charge in [0, 0.05) is 18.8 Å². The Bertz CT molecular complexity index is 840. The molecule has 8 heteroatoms. The Hall–Kier alpha value is -1.76. The van der Waals surface area contributed by atoms with Crippen molar-refractivity contribution >= 4 is 34.8 Å². The topological polar surface area (TPSA) is 32.3 Å². The third-order valence-corrected chi connectivity index (χ3v) is 5.49. The molecule has 3 rings (SSSR count). The van der Waals surface area contributed by atoms with Crippen molar-refractivity contribution in [1.82, 2.24) is 4.90 Å². The van der Waals surface area contributed by atoms with Gasteiger partial charge in [0.15, 0.2) is 0 Å². The van der Waals surface area contributed by atoms with E-state index in [0.29, 0.717) is 28.8 Å². The molecule has 1 unspecified atom stereocenters. The highest BCUT2D eigenvalue weighted by molar-refractivity contribution is 6.42. The molecule has 0 radical (unpaired) electrons. The zero-order chi connectivity index (χ0) is 20.3. The number of anilines is 1. The summed E-state index contributed by atoms with van der Waals surface area (Å²) in [6.45, 7) is 2.10. The minimum absolute atomic E-state index is 0.182. The van der Waals surface area contributed by atoms with Crippen molar-refractivity contribution in [3.63, 3.8) is 0 Å². The molecule has 3 nitrogen and oxygen atoms in total. The summed E-state index contributed by atoms with van der Waals surface area (Å²) in [4.78, 5) is 14.7. The maximum absolute atomic E-state index is 12.6. The molecule has 1 atom stereocenters. The predicted molar refractivity (Wildman–Crippen MR) is 105 cm³/mol. The molecule has 2 aromatic carbocycles. The maximum atomic E-state index is 12.6. The molecule has 0 aliphatic carbocycles. The van der Waals surface area contributed by atoms with E-state index in [1.165, 1.54) is 12.1 Å². The van der Waals surface area contributed by atoms with Crippen LogP contribution in [0.1, 0.15) is 24.0 Å². The van der Waals surface area contributed by atoms with Crippen LogP contribution >= 0.6 is 23.2 Å². The second-order valence-electron chi connectivity index (χ2n) is 6.89. The smallest absolute Gasteiger partial charge is 0.326 e. The lowest BCUT2D eigenvalue weighted by atomic mass is 9.96. The quantitative estimate of drug-likeness (QED) is 0.658. The van der Waals surface area contributed by atoms with E-state index >= 15 is 0 Å². The van der Waals surface area contributed by atoms with Crippen LogP contribution in [0.4, 0.5) is 18.9 Å². The minimum Gasteiger partial charge on any atom is -0.326 e. The van der Waals surface area contributed by atoms with Crippen molar-refractivity contribution in [3.05, 3.63) is 63.6 Å². The number of carbonyl (C=O) groups is 1. The highest BCUT2D eigenvalue weighted by atomic mass is 35.5. The normalized spacial score (nSPS) is 18.1. The van der Waals surface area contributed by atoms with Gasteiger partial charge in [0.05, 0.1) is 21.5 Å². The molecule has 0 saturated carbocycles. The van der Waals surface area contributed by atoms with Gasteiger partial charge in [0.25, 0.3) is 0 Å². The Kier molecular flexibility index (Phi) is 6.53. The van der Waals surface area contributed by atoms with Crippen molar-refractivity contribution < 1.29 is 18.0 Å². The Morgan fingerprint density at radius 1 is 1.11 bits per heavy atom. The lowest BCUT2D eigenvalue weighted by Gasteiger charge is -2.32. The molecule has 1 saturated heterocycles. The molecule has 1 amide bonds. The highest BCUT2D eigenvalue weighted by Gasteiger charge is 2.30. The number of alkyl halides is 3. The molecule has 0 spiro atoms. The first-order valence-electron chi connectivity index (χ1n) is 8.87. The number of hydrogen-bond donors (Lipinski definition) is 1. The third kappa shape index (κ3) is 5.40. The van der Waals surface area contributed by atoms with Gasteiger partial charge in [-0.3, -0.25) is 9.69 Å². The standard InChI is InChI=1S/C20H19Cl2F3N2O/c21-17-8-3-13(10-18(17)22)11-27-9-1-2-14(12-27)19(28)26-16-6-4-15(5-7-16)20(23,24)25/h3-8,10,14H,1-2,9,11-12H2,(H,26,28). The molecule has 2 aromatic rings. The highest BCUT2D eigenvalue weighted by Crippen LogP contribution is 2.30. The Balaban J connectivity index is 1.58. The van der Waals surface area contributed by atoms with E-state index in [-0.39, 0.29) is 11.8 Å². The van der Waals surface area contributed by atoms with E-state index in [9.17, 15) is 18.0 Å². The Morgan fingerprint density at radius 2 is 1.82 bits per heavy atom. The molecule has 1 N–H and O–H groups in total. The fourth-order valence-electron chi connectivity index (χ4n) is 3.30. The van der Waals surface area contributed by atoms with Gasteiger partial charge in [-0.1, -0.05) is 29.3 Å². The zero-order valence-electron chi connectivity index (χ0n) is 14.9. The number of halogens is 5. The first-order valence-corrected chi connectivity index (χ1v) is 9.62. The van der Waals surface area contributed by atoms with E-state index in [2.05, 4.69) is 10.2 Å². The molecule has 1 aliphatic rings. The fraction of sp³-hybridized carbons (Fsp3) is 0.350. The van der Waals surface area contributed by atoms with Crippen LogP contribution in [0.25, 0.3) is 0 Å². The number of carbonyl (C=O) groups excluding carboxylic acids is 1. The van der Waals surface area contributed by atoms with E-state index in [1.807, 2.05) is 12.1 Å². The van der Waals surface area contributed by atoms with Gasteiger partial charge >= 0.3 is 6.18 Å². The molecule has 1 fully saturated rings. The van der Waals surface area contributed by atoms with Gasteiger partial charge in [-0.2, -0.15) is 13.2 Å². The van der Waals surface area contributed by atoms with Crippen LogP contribution in [-0.4, -0.2) is 23.9 Å². The van der Waals surface area contributed by atoms with Gasteiger partial charge in [-0.25, -0.2) is 0 Å². The SMILES string of the molecule is O=C(Nc1ccc(C(F)(F)F)cc1)C1CCCN(Cc2ccc(Cl)c(Cl)c2)C1. The van der Waals surface area contributed by atoms with Crippen LogP contribution in [0.5, 0.6) is 0 Å². The van der Waals surface area contributed by atoms with Crippen molar-refractivity contribution in [3.8, 4) is 0 Å². The number of nitrogens with zero attached hydrogens (tertiary/aromatic N) is 1. The number of amides is 1. The van der Waals surface area contributed by atoms with Gasteiger partial charge < -0.3 is 5.32 Å². The second-order valence-corrected chi connectivity index (χ2v) is 7.70. The molecule has 28 heavy (non-hydrogen) atoms. The third-order valence-electron chi connectivity index (χ3n) is 4.75. The molecule has 1 aliphatic heterocycles. The van der Waals surface area contributed by atoms with Crippen LogP contribution < -0.4 is 5.32 Å². The lowest BCUT2D eigenvalue weighted by molar-refractivity contribution is -0.137. The van der Waals surface area contributed by atoms with E-state index in [1.54, 1.807) is 6.07 Å². The summed E-state index contributed by atoms with van der Waals surface area (Å²) in [6, 6.07) is 9.95. The van der Waals surface area contributed by atoms with Gasteiger partial charge in [-0.05, 0) is 61.3 Å². The molecule has 0 bridgehead atoms. The zero-order valence-corrected chi connectivity index (χ0v) is 16.4. The van der Waals surface area contributed by atoms with Gasteiger partial charge in [0.2, 0.25) is 5.91 Å². The summed E-state index contributed by atoms with van der Waals surface area (Å²) in [5.74, 6) is -0.405. The van der Waals surface area contributed by atoms with Crippen LogP contribution in [0.2, 0.25) is 10.0 Å². The summed E-state index contributed by atoms with van der Waals surface area (Å²) in [7, 11) is 0. The average molecular weight is 431 g/mol. The predicted octanol–water partition coefficient (Wildman–Crippen LogP) is 5.86. The van der Waals surface area contributed by atoms with Crippen molar-refractivity contribution in [1.29, 1.82) is 0 Å². The number of benzene rings is 2. The second kappa shape index (κ2) is 8.72. The Labute approximate surface area is 171 Å². The number of nitrogens with one attached hydrogen (secondary N) is 1. The van der Waals surface area contributed by atoms with Crippen LogP contribution in [0.3, 0.4) is 0 Å². The largest absolute Gasteiger partial charge is 0.416 e. The summed E-state index contributed by atoms with van der Waals surface area (Å²) >= 11 is 12.0. The fourth-order valence-corrected chi connectivity index (χ4v) is 3.62. The van der Waals surface area contributed by atoms with Crippen LogP contribution in [-0.2, 0) is 17.5 Å². The molecular weight excluding hydrogens is 412 g/mol. The van der Waals surface area contributed by atoms with E-state index in [0.717, 1.165) is 37.1 Å². The summed E-state index contributed by atoms with van der Waals surface area (Å²) in [5, 5.41) is 3.71. The maximum Gasteiger partial charge on any atom is 0.416 e. The van der Waals surface area contributed by atoms with Crippen molar-refractivity contribution in [2.75, 3.05) is 18.4 Å². The summed E-state index contributed by atoms with van der Waals surface area (Å²) in [6.07, 6.45) is -2.78. The minimum atomic E-state index is -4.39. The molecule has 150 valence electrons. The summed E-state index contributed by atoms with van der Waals surface area (Å²) in [5.41, 5.74) is 0.633. The van der Waals surface area contributed by atoms with E-state index < -0.39 is 11.7 Å². The van der Waals surface area contributed by atoms with Gasteiger partial charge in [-0.15, -0.1) is 0 Å². The number of hydrogen-bond acceptors (Lipinski definition) is 2. The monoisotopic (exact) mass is 430 g/mol. The first-order chi connectivity index (χ1) is 13.2. The molecule has 0 aromatic heterocycles.